The molecule has 22 heteroatoms. The zero-order valence-corrected chi connectivity index (χ0v) is 34.7. The van der Waals surface area contributed by atoms with Crippen molar-refractivity contribution in [2.45, 2.75) is 124 Å². The molecule has 320 valence electrons. The summed E-state index contributed by atoms with van der Waals surface area (Å²) in [5, 5.41) is 0. The normalized spacial score (nSPS) is 16.5. The van der Waals surface area contributed by atoms with Crippen LogP contribution in [0.15, 0.2) is 0 Å². The summed E-state index contributed by atoms with van der Waals surface area (Å²) >= 11 is 0.898. The maximum Gasteiger partial charge on any atom is 0.347 e. The highest BCUT2D eigenvalue weighted by atomic mass is 32.1. The number of carbonyl (C=O) groups is 8. The van der Waals surface area contributed by atoms with E-state index in [1.54, 1.807) is 20.8 Å². The van der Waals surface area contributed by atoms with Gasteiger partial charge in [0, 0.05) is 32.5 Å². The Morgan fingerprint density at radius 2 is 1.05 bits per heavy atom. The zero-order valence-electron chi connectivity index (χ0n) is 33.9. The van der Waals surface area contributed by atoms with Gasteiger partial charge in [-0.15, -0.1) is 4.37 Å². The van der Waals surface area contributed by atoms with Crippen LogP contribution in [0.5, 0.6) is 5.88 Å². The number of nitrogens with zero attached hydrogens (tertiary/aromatic N) is 4. The molecule has 1 aliphatic heterocycles. The van der Waals surface area contributed by atoms with Crippen LogP contribution in [0.1, 0.15) is 76.2 Å². The lowest BCUT2D eigenvalue weighted by Crippen LogP contribution is -2.54. The topological polar surface area (TPSA) is 252 Å². The van der Waals surface area contributed by atoms with Crippen molar-refractivity contribution in [3.63, 3.8) is 0 Å². The molecule has 2 rings (SSSR count). The van der Waals surface area contributed by atoms with E-state index in [4.69, 9.17) is 42.6 Å². The molecule has 7 atom stereocenters. The van der Waals surface area contributed by atoms with Crippen LogP contribution in [-0.2, 0) is 76.3 Å². The van der Waals surface area contributed by atoms with Gasteiger partial charge in [-0.3, -0.25) is 14.4 Å². The SMILES string of the molecule is CC(=O)O[C@H](C)C(=O)O[C@H](C)C(=O)O[C@H](COc1nsnc1N1CCOCC1)CN(C(=O)[C@@H](C)OC(=O)[C@@H](C)OC(=O)[C@@H](C)OC(=O)[C@@H](C)OC(C)=O)C(C)(C)C. The summed E-state index contributed by atoms with van der Waals surface area (Å²) in [7, 11) is 0. The Morgan fingerprint density at radius 1 is 0.649 bits per heavy atom. The molecule has 0 unspecified atom stereocenters. The molecular weight excluding hydrogens is 780 g/mol. The number of hydrogen-bond donors (Lipinski definition) is 0. The van der Waals surface area contributed by atoms with E-state index in [9.17, 15) is 38.4 Å². The second-order valence-electron chi connectivity index (χ2n) is 13.8. The van der Waals surface area contributed by atoms with Crippen molar-refractivity contribution in [3.8, 4) is 5.88 Å². The smallest absolute Gasteiger partial charge is 0.347 e. The molecule has 0 aliphatic carbocycles. The van der Waals surface area contributed by atoms with Crippen molar-refractivity contribution in [1.29, 1.82) is 0 Å². The largest absolute Gasteiger partial charge is 0.470 e. The van der Waals surface area contributed by atoms with E-state index in [0.717, 1.165) is 25.6 Å². The van der Waals surface area contributed by atoms with Gasteiger partial charge in [0.15, 0.2) is 42.7 Å². The monoisotopic (exact) mass is 832 g/mol. The van der Waals surface area contributed by atoms with Gasteiger partial charge < -0.3 is 52.4 Å². The highest BCUT2D eigenvalue weighted by Crippen LogP contribution is 2.27. The third-order valence-corrected chi connectivity index (χ3v) is 8.27. The van der Waals surface area contributed by atoms with Crippen LogP contribution in [0, 0.1) is 0 Å². The van der Waals surface area contributed by atoms with E-state index in [0.29, 0.717) is 32.1 Å². The first kappa shape index (κ1) is 48.0. The van der Waals surface area contributed by atoms with Crippen molar-refractivity contribution in [3.05, 3.63) is 0 Å². The van der Waals surface area contributed by atoms with Crippen LogP contribution in [0.2, 0.25) is 0 Å². The first-order valence-corrected chi connectivity index (χ1v) is 18.7. The lowest BCUT2D eigenvalue weighted by atomic mass is 10.0. The molecule has 0 spiro atoms. The van der Waals surface area contributed by atoms with Gasteiger partial charge in [0.05, 0.1) is 31.5 Å². The fourth-order valence-corrected chi connectivity index (χ4v) is 5.30. The van der Waals surface area contributed by atoms with Crippen LogP contribution in [-0.4, -0.2) is 149 Å². The van der Waals surface area contributed by atoms with Crippen LogP contribution in [0.25, 0.3) is 0 Å². The van der Waals surface area contributed by atoms with E-state index < -0.39 is 96.0 Å². The highest BCUT2D eigenvalue weighted by Gasteiger charge is 2.37. The van der Waals surface area contributed by atoms with Gasteiger partial charge in [-0.2, -0.15) is 4.37 Å². The van der Waals surface area contributed by atoms with Crippen molar-refractivity contribution in [1.82, 2.24) is 13.6 Å². The number of ether oxygens (including phenoxy) is 9. The number of amides is 1. The van der Waals surface area contributed by atoms with Gasteiger partial charge in [0.2, 0.25) is 5.82 Å². The number of hydrogen-bond acceptors (Lipinski definition) is 21. The van der Waals surface area contributed by atoms with E-state index in [1.807, 2.05) is 4.90 Å². The number of carbonyl (C=O) groups excluding carboxylic acids is 8. The molecule has 1 saturated heterocycles. The van der Waals surface area contributed by atoms with E-state index >= 15 is 0 Å². The number of esters is 7. The Morgan fingerprint density at radius 3 is 1.47 bits per heavy atom. The maximum absolute atomic E-state index is 13.9. The Balaban J connectivity index is 2.22. The van der Waals surface area contributed by atoms with Gasteiger partial charge >= 0.3 is 41.8 Å². The molecule has 1 fully saturated rings. The molecule has 0 N–H and O–H groups in total. The fraction of sp³-hybridized carbons (Fsp3) is 0.714. The predicted molar refractivity (Wildman–Crippen MR) is 194 cm³/mol. The molecule has 1 aromatic heterocycles. The average Bonchev–Trinajstić information content (AvgIpc) is 3.60. The van der Waals surface area contributed by atoms with Crippen molar-refractivity contribution in [2.75, 3.05) is 44.4 Å². The molecule has 1 aromatic rings. The zero-order chi connectivity index (χ0) is 43.2. The summed E-state index contributed by atoms with van der Waals surface area (Å²) in [6, 6.07) is 0. The second-order valence-corrected chi connectivity index (χ2v) is 14.3. The van der Waals surface area contributed by atoms with Crippen molar-refractivity contribution >= 4 is 65.2 Å². The van der Waals surface area contributed by atoms with Gasteiger partial charge in [-0.05, 0) is 62.3 Å². The predicted octanol–water partition coefficient (Wildman–Crippen LogP) is 0.922. The molecule has 1 aliphatic rings. The second kappa shape index (κ2) is 22.0. The Kier molecular flexibility index (Phi) is 18.5. The lowest BCUT2D eigenvalue weighted by Gasteiger charge is -2.39. The molecule has 21 nitrogen and oxygen atoms in total. The molecule has 0 bridgehead atoms. The van der Waals surface area contributed by atoms with Crippen LogP contribution in [0.4, 0.5) is 5.82 Å². The summed E-state index contributed by atoms with van der Waals surface area (Å²) < 4.78 is 55.7. The Labute approximate surface area is 334 Å². The third kappa shape index (κ3) is 15.7. The number of rotatable bonds is 19. The quantitative estimate of drug-likeness (QED) is 0.139. The number of aromatic nitrogens is 2. The average molecular weight is 833 g/mol. The number of morpholine rings is 1. The minimum absolute atomic E-state index is 0.139. The van der Waals surface area contributed by atoms with Gasteiger partial charge in [0.1, 0.15) is 6.61 Å². The molecule has 0 saturated carbocycles. The highest BCUT2D eigenvalue weighted by molar-refractivity contribution is 6.99. The summed E-state index contributed by atoms with van der Waals surface area (Å²) in [5.41, 5.74) is -0.984. The van der Waals surface area contributed by atoms with E-state index in [1.165, 1.54) is 46.4 Å². The van der Waals surface area contributed by atoms with E-state index in [-0.39, 0.29) is 19.0 Å². The molecule has 57 heavy (non-hydrogen) atoms. The van der Waals surface area contributed by atoms with E-state index in [2.05, 4.69) is 8.75 Å². The summed E-state index contributed by atoms with van der Waals surface area (Å²) in [5.74, 6) is -6.90. The summed E-state index contributed by atoms with van der Waals surface area (Å²) in [6.07, 6.45) is -9.82. The summed E-state index contributed by atoms with van der Waals surface area (Å²) in [4.78, 5) is 103. The minimum Gasteiger partial charge on any atom is -0.470 e. The summed E-state index contributed by atoms with van der Waals surface area (Å²) in [6.45, 7) is 15.9. The Bertz CT molecular complexity index is 1590. The Hall–Kier alpha value is -5.12. The molecule has 0 aromatic carbocycles. The van der Waals surface area contributed by atoms with Gasteiger partial charge in [0.25, 0.3) is 11.8 Å². The van der Waals surface area contributed by atoms with Gasteiger partial charge in [-0.25, -0.2) is 24.0 Å². The lowest BCUT2D eigenvalue weighted by molar-refractivity contribution is -0.184. The number of anilines is 1. The minimum atomic E-state index is -1.55. The maximum atomic E-state index is 13.9. The standard InChI is InChI=1S/C35H52N4O17S/c1-18(52-32(45)21(4)54-33(46)22(5)53-30(43)19(2)50-24(7)40)29(42)39(35(9,10)11)16-26(56-34(47)23(6)55-31(44)20(3)51-25(8)41)17-49-28-27(36-57-37-28)38-12-14-48-15-13-38/h18-23,26H,12-17H2,1-11H3/t18-,19-,20-,21-,22-,23-,26+/m1/s1. The molecule has 2 heterocycles. The van der Waals surface area contributed by atoms with Crippen LogP contribution >= 0.6 is 11.7 Å². The molecular formula is C35H52N4O17S. The molecule has 1 amide bonds. The van der Waals surface area contributed by atoms with Crippen molar-refractivity contribution in [2.24, 2.45) is 0 Å². The van der Waals surface area contributed by atoms with Gasteiger partial charge in [-0.1, -0.05) is 0 Å². The fourth-order valence-electron chi connectivity index (χ4n) is 4.78. The van der Waals surface area contributed by atoms with Crippen LogP contribution < -0.4 is 9.64 Å². The van der Waals surface area contributed by atoms with Crippen LogP contribution in [0.3, 0.4) is 0 Å². The first-order chi connectivity index (χ1) is 26.5. The van der Waals surface area contributed by atoms with Crippen molar-refractivity contribution < 1.29 is 81.0 Å². The molecule has 0 radical (unpaired) electrons. The third-order valence-electron chi connectivity index (χ3n) is 7.77. The first-order valence-electron chi connectivity index (χ1n) is 18.0.